The van der Waals surface area contributed by atoms with E-state index in [1.54, 1.807) is 6.20 Å². The number of hydrogen-bond donors (Lipinski definition) is 4. The Morgan fingerprint density at radius 1 is 0.703 bits per heavy atom. The summed E-state index contributed by atoms with van der Waals surface area (Å²) < 4.78 is 0. The first-order valence-electron chi connectivity index (χ1n) is 12.3. The van der Waals surface area contributed by atoms with Gasteiger partial charge in [0.2, 0.25) is 5.91 Å². The number of aromatic nitrogens is 1. The van der Waals surface area contributed by atoms with E-state index in [-0.39, 0.29) is 19.3 Å². The van der Waals surface area contributed by atoms with Gasteiger partial charge in [-0.3, -0.25) is 9.59 Å². The van der Waals surface area contributed by atoms with Crippen LogP contribution in [-0.4, -0.2) is 39.1 Å². The molecular weight excluding hydrogens is 468 g/mol. The minimum Gasteiger partial charge on any atom is -0.481 e. The van der Waals surface area contributed by atoms with E-state index in [0.717, 1.165) is 27.6 Å². The molecule has 190 valence electrons. The number of carboxylic acid groups (broad SMARTS) is 2. The lowest BCUT2D eigenvalue weighted by atomic mass is 9.85. The van der Waals surface area contributed by atoms with Gasteiger partial charge in [0.25, 0.3) is 0 Å². The number of aliphatic carboxylic acids is 2. The molecule has 7 nitrogen and oxygen atoms in total. The number of H-pyrrole nitrogens is 1. The van der Waals surface area contributed by atoms with Gasteiger partial charge in [0.15, 0.2) is 0 Å². The van der Waals surface area contributed by atoms with Crippen LogP contribution in [0.1, 0.15) is 23.1 Å². The van der Waals surface area contributed by atoms with E-state index in [1.807, 2.05) is 84.9 Å². The molecule has 4 rings (SSSR count). The third-order valence-electron chi connectivity index (χ3n) is 6.65. The number of nitrogens with one attached hydrogen (secondary N) is 2. The van der Waals surface area contributed by atoms with Gasteiger partial charge in [-0.15, -0.1) is 0 Å². The Hall–Kier alpha value is -4.39. The summed E-state index contributed by atoms with van der Waals surface area (Å²) in [5.74, 6) is -4.09. The maximum absolute atomic E-state index is 13.5. The highest BCUT2D eigenvalue weighted by Gasteiger charge is 2.31. The van der Waals surface area contributed by atoms with E-state index in [0.29, 0.717) is 6.42 Å². The summed E-state index contributed by atoms with van der Waals surface area (Å²) in [4.78, 5) is 40.9. The van der Waals surface area contributed by atoms with Crippen molar-refractivity contribution in [3.05, 3.63) is 108 Å². The van der Waals surface area contributed by atoms with Crippen LogP contribution in [0.3, 0.4) is 0 Å². The molecule has 1 heterocycles. The van der Waals surface area contributed by atoms with Gasteiger partial charge in [0.1, 0.15) is 6.04 Å². The first-order valence-corrected chi connectivity index (χ1v) is 12.3. The Bertz CT molecular complexity index is 1350. The largest absolute Gasteiger partial charge is 0.481 e. The predicted molar refractivity (Wildman–Crippen MR) is 141 cm³/mol. The molecule has 0 spiro atoms. The second-order valence-electron chi connectivity index (χ2n) is 9.31. The zero-order chi connectivity index (χ0) is 26.2. The van der Waals surface area contributed by atoms with Gasteiger partial charge >= 0.3 is 11.9 Å². The van der Waals surface area contributed by atoms with Gasteiger partial charge < -0.3 is 20.5 Å². The molecule has 0 bridgehead atoms. The summed E-state index contributed by atoms with van der Waals surface area (Å²) in [6, 6.07) is 25.1. The van der Waals surface area contributed by atoms with Crippen LogP contribution in [0.25, 0.3) is 10.9 Å². The summed E-state index contributed by atoms with van der Waals surface area (Å²) in [6.07, 6.45) is 2.55. The highest BCUT2D eigenvalue weighted by atomic mass is 16.4. The van der Waals surface area contributed by atoms with Gasteiger partial charge in [0, 0.05) is 29.4 Å². The molecule has 1 amide bonds. The molecular formula is C30H30N2O5. The molecule has 0 saturated carbocycles. The minimum atomic E-state index is -1.15. The Morgan fingerprint density at radius 3 is 1.86 bits per heavy atom. The van der Waals surface area contributed by atoms with Crippen molar-refractivity contribution in [2.75, 3.05) is 0 Å². The van der Waals surface area contributed by atoms with Crippen molar-refractivity contribution in [3.8, 4) is 0 Å². The SMILES string of the molecule is O=C(O)C(Cc1ccccc1)CC(Cc1ccccc1)C(=O)N[C@@H](Cc1c[nH]c2ccccc12)C(=O)O. The highest BCUT2D eigenvalue weighted by molar-refractivity contribution is 5.88. The molecule has 1 aromatic heterocycles. The normalized spacial score (nSPS) is 13.5. The third-order valence-corrected chi connectivity index (χ3v) is 6.65. The van der Waals surface area contributed by atoms with Crippen molar-refractivity contribution in [1.29, 1.82) is 0 Å². The van der Waals surface area contributed by atoms with Gasteiger partial charge in [-0.25, -0.2) is 4.79 Å². The van der Waals surface area contributed by atoms with Crippen LogP contribution in [0.15, 0.2) is 91.1 Å². The fourth-order valence-corrected chi connectivity index (χ4v) is 4.71. The molecule has 0 fully saturated rings. The van der Waals surface area contributed by atoms with E-state index in [9.17, 15) is 24.6 Å². The molecule has 0 aliphatic carbocycles. The van der Waals surface area contributed by atoms with Gasteiger partial charge in [-0.2, -0.15) is 0 Å². The Balaban J connectivity index is 1.54. The topological polar surface area (TPSA) is 119 Å². The Labute approximate surface area is 215 Å². The van der Waals surface area contributed by atoms with E-state index in [4.69, 9.17) is 0 Å². The highest BCUT2D eigenvalue weighted by Crippen LogP contribution is 2.23. The van der Waals surface area contributed by atoms with Gasteiger partial charge in [-0.1, -0.05) is 78.9 Å². The zero-order valence-electron chi connectivity index (χ0n) is 20.3. The van der Waals surface area contributed by atoms with Crippen molar-refractivity contribution < 1.29 is 24.6 Å². The summed E-state index contributed by atoms with van der Waals surface area (Å²) in [7, 11) is 0. The summed E-state index contributed by atoms with van der Waals surface area (Å²) in [6.45, 7) is 0. The number of rotatable bonds is 12. The molecule has 3 atom stereocenters. The standard InChI is InChI=1S/C30H30N2O5/c33-28(32-27(30(36)37)18-24-19-31-26-14-8-7-13-25(24)26)22(15-20-9-3-1-4-10-20)17-23(29(34)35)16-21-11-5-2-6-12-21/h1-14,19,22-23,27,31H,15-18H2,(H,32,33)(H,34,35)(H,36,37)/t22?,23?,27-/m0/s1. The minimum absolute atomic E-state index is 0.0877. The fourth-order valence-electron chi connectivity index (χ4n) is 4.71. The number of hydrogen-bond acceptors (Lipinski definition) is 3. The van der Waals surface area contributed by atoms with E-state index >= 15 is 0 Å². The molecule has 0 radical (unpaired) electrons. The van der Waals surface area contributed by atoms with Crippen molar-refractivity contribution >= 4 is 28.7 Å². The molecule has 0 saturated heterocycles. The Kier molecular flexibility index (Phi) is 8.36. The predicted octanol–water partition coefficient (Wildman–Crippen LogP) is 4.47. The van der Waals surface area contributed by atoms with Crippen LogP contribution >= 0.6 is 0 Å². The van der Waals surface area contributed by atoms with Crippen LogP contribution in [0.4, 0.5) is 0 Å². The average molecular weight is 499 g/mol. The molecule has 4 N–H and O–H groups in total. The van der Waals surface area contributed by atoms with Crippen LogP contribution in [-0.2, 0) is 33.6 Å². The Morgan fingerprint density at radius 2 is 1.27 bits per heavy atom. The zero-order valence-corrected chi connectivity index (χ0v) is 20.3. The number of para-hydroxylation sites is 1. The molecule has 0 aliphatic rings. The van der Waals surface area contributed by atoms with Crippen molar-refractivity contribution in [2.24, 2.45) is 11.8 Å². The number of fused-ring (bicyclic) bond motifs is 1. The second kappa shape index (κ2) is 12.0. The lowest BCUT2D eigenvalue weighted by Gasteiger charge is -2.23. The lowest BCUT2D eigenvalue weighted by molar-refractivity contribution is -0.144. The maximum Gasteiger partial charge on any atom is 0.326 e. The smallest absolute Gasteiger partial charge is 0.326 e. The summed E-state index contributed by atoms with van der Waals surface area (Å²) >= 11 is 0. The monoisotopic (exact) mass is 498 g/mol. The van der Waals surface area contributed by atoms with Gasteiger partial charge in [0.05, 0.1) is 5.92 Å². The van der Waals surface area contributed by atoms with Crippen molar-refractivity contribution in [3.63, 3.8) is 0 Å². The first-order chi connectivity index (χ1) is 17.9. The number of aromatic amines is 1. The number of carbonyl (C=O) groups excluding carboxylic acids is 1. The third kappa shape index (κ3) is 6.85. The average Bonchev–Trinajstić information content (AvgIpc) is 3.31. The van der Waals surface area contributed by atoms with Crippen molar-refractivity contribution in [1.82, 2.24) is 10.3 Å². The molecule has 37 heavy (non-hydrogen) atoms. The quantitative estimate of drug-likeness (QED) is 0.230. The number of carboxylic acids is 2. The van der Waals surface area contributed by atoms with Gasteiger partial charge in [-0.05, 0) is 42.0 Å². The second-order valence-corrected chi connectivity index (χ2v) is 9.31. The molecule has 0 aliphatic heterocycles. The lowest BCUT2D eigenvalue weighted by Crippen LogP contribution is -2.46. The fraction of sp³-hybridized carbons (Fsp3) is 0.233. The van der Waals surface area contributed by atoms with Crippen LogP contribution in [0, 0.1) is 11.8 Å². The molecule has 4 aromatic rings. The van der Waals surface area contributed by atoms with Crippen LogP contribution < -0.4 is 5.32 Å². The number of carbonyl (C=O) groups is 3. The van der Waals surface area contributed by atoms with E-state index in [2.05, 4.69) is 10.3 Å². The molecule has 7 heteroatoms. The van der Waals surface area contributed by atoms with E-state index in [1.165, 1.54) is 0 Å². The van der Waals surface area contributed by atoms with Crippen LogP contribution in [0.5, 0.6) is 0 Å². The summed E-state index contributed by atoms with van der Waals surface area (Å²) in [5.41, 5.74) is 3.43. The van der Waals surface area contributed by atoms with E-state index < -0.39 is 35.7 Å². The first kappa shape index (κ1) is 25.7. The number of amides is 1. The van der Waals surface area contributed by atoms with Crippen LogP contribution in [0.2, 0.25) is 0 Å². The molecule has 3 aromatic carbocycles. The number of benzene rings is 3. The summed E-state index contributed by atoms with van der Waals surface area (Å²) in [5, 5.41) is 23.5. The maximum atomic E-state index is 13.5. The van der Waals surface area contributed by atoms with Crippen molar-refractivity contribution in [2.45, 2.75) is 31.7 Å². The molecule has 2 unspecified atom stereocenters.